The van der Waals surface area contributed by atoms with Crippen LogP contribution in [0.3, 0.4) is 0 Å². The highest BCUT2D eigenvalue weighted by Crippen LogP contribution is 2.26. The first-order chi connectivity index (χ1) is 8.16. The molecule has 1 aliphatic carbocycles. The highest BCUT2D eigenvalue weighted by molar-refractivity contribution is 5.78. The topological polar surface area (TPSA) is 66.8 Å². The molecule has 2 aliphatic rings. The van der Waals surface area contributed by atoms with Crippen molar-refractivity contribution in [2.75, 3.05) is 19.7 Å². The van der Waals surface area contributed by atoms with Gasteiger partial charge in [-0.3, -0.25) is 9.59 Å². The molecule has 0 atom stereocenters. The van der Waals surface area contributed by atoms with Crippen LogP contribution in [0.15, 0.2) is 0 Å². The van der Waals surface area contributed by atoms with Crippen molar-refractivity contribution in [2.24, 2.45) is 5.92 Å². The second-order valence-corrected chi connectivity index (χ2v) is 4.86. The van der Waals surface area contributed by atoms with Crippen LogP contribution >= 0.6 is 0 Å². The molecule has 1 saturated heterocycles. The lowest BCUT2D eigenvalue weighted by atomic mass is 9.87. The molecule has 0 bridgehead atoms. The standard InChI is InChI=1S/C12H19NO4/c14-11(13-6-1-7-13)8-17-10-4-2-9(3-5-10)12(15)16/h9-10H,1-8H2,(H,15,16). The summed E-state index contributed by atoms with van der Waals surface area (Å²) in [4.78, 5) is 24.1. The highest BCUT2D eigenvalue weighted by Gasteiger charge is 2.27. The number of nitrogens with zero attached hydrogens (tertiary/aromatic N) is 1. The Morgan fingerprint density at radius 3 is 2.29 bits per heavy atom. The summed E-state index contributed by atoms with van der Waals surface area (Å²) >= 11 is 0. The summed E-state index contributed by atoms with van der Waals surface area (Å²) < 4.78 is 5.55. The number of ether oxygens (including phenoxy) is 1. The Morgan fingerprint density at radius 2 is 1.82 bits per heavy atom. The summed E-state index contributed by atoms with van der Waals surface area (Å²) in [5.74, 6) is -0.863. The molecule has 1 aliphatic heterocycles. The largest absolute Gasteiger partial charge is 0.481 e. The van der Waals surface area contributed by atoms with E-state index in [4.69, 9.17) is 9.84 Å². The fourth-order valence-corrected chi connectivity index (χ4v) is 2.32. The monoisotopic (exact) mass is 241 g/mol. The predicted octanol–water partition coefficient (Wildman–Crippen LogP) is 0.879. The van der Waals surface area contributed by atoms with Crippen LogP contribution in [0.2, 0.25) is 0 Å². The van der Waals surface area contributed by atoms with E-state index < -0.39 is 5.97 Å². The van der Waals surface area contributed by atoms with Crippen molar-refractivity contribution in [1.82, 2.24) is 4.90 Å². The number of carboxylic acids is 1. The van der Waals surface area contributed by atoms with Crippen molar-refractivity contribution in [3.8, 4) is 0 Å². The first-order valence-electron chi connectivity index (χ1n) is 6.29. The Labute approximate surface area is 101 Å². The van der Waals surface area contributed by atoms with Gasteiger partial charge in [0.15, 0.2) is 0 Å². The van der Waals surface area contributed by atoms with Gasteiger partial charge in [0.05, 0.1) is 12.0 Å². The number of hydrogen-bond donors (Lipinski definition) is 1. The zero-order valence-electron chi connectivity index (χ0n) is 9.93. The lowest BCUT2D eigenvalue weighted by Crippen LogP contribution is -2.44. The van der Waals surface area contributed by atoms with Crippen LogP contribution < -0.4 is 0 Å². The maximum absolute atomic E-state index is 11.5. The molecular weight excluding hydrogens is 222 g/mol. The van der Waals surface area contributed by atoms with Gasteiger partial charge >= 0.3 is 5.97 Å². The van der Waals surface area contributed by atoms with Gasteiger partial charge in [0.2, 0.25) is 5.91 Å². The number of carbonyl (C=O) groups is 2. The van der Waals surface area contributed by atoms with E-state index in [0.29, 0.717) is 12.8 Å². The van der Waals surface area contributed by atoms with Crippen LogP contribution in [0.1, 0.15) is 32.1 Å². The molecule has 5 nitrogen and oxygen atoms in total. The second kappa shape index (κ2) is 5.49. The minimum atomic E-state index is -0.708. The molecule has 1 amide bonds. The Bertz CT molecular complexity index is 293. The summed E-state index contributed by atoms with van der Waals surface area (Å²) in [5, 5.41) is 8.85. The third-order valence-electron chi connectivity index (χ3n) is 3.67. The van der Waals surface area contributed by atoms with Crippen LogP contribution in [0.4, 0.5) is 0 Å². The Morgan fingerprint density at radius 1 is 1.18 bits per heavy atom. The van der Waals surface area contributed by atoms with Gasteiger partial charge in [0, 0.05) is 13.1 Å². The van der Waals surface area contributed by atoms with Crippen molar-refractivity contribution in [3.05, 3.63) is 0 Å². The molecule has 1 heterocycles. The Hall–Kier alpha value is -1.10. The van der Waals surface area contributed by atoms with Crippen molar-refractivity contribution < 1.29 is 19.4 Å². The lowest BCUT2D eigenvalue weighted by molar-refractivity contribution is -0.147. The fraction of sp³-hybridized carbons (Fsp3) is 0.833. The highest BCUT2D eigenvalue weighted by atomic mass is 16.5. The molecule has 2 rings (SSSR count). The molecule has 17 heavy (non-hydrogen) atoms. The molecule has 0 aromatic carbocycles. The molecule has 5 heteroatoms. The maximum atomic E-state index is 11.5. The average molecular weight is 241 g/mol. The molecule has 2 fully saturated rings. The van der Waals surface area contributed by atoms with Crippen LogP contribution in [-0.4, -0.2) is 47.7 Å². The SMILES string of the molecule is O=C(O)C1CCC(OCC(=O)N2CCC2)CC1. The number of amides is 1. The van der Waals surface area contributed by atoms with Crippen molar-refractivity contribution in [3.63, 3.8) is 0 Å². The fourth-order valence-electron chi connectivity index (χ4n) is 2.32. The van der Waals surface area contributed by atoms with Gasteiger partial charge in [0.25, 0.3) is 0 Å². The van der Waals surface area contributed by atoms with Gasteiger partial charge in [-0.05, 0) is 32.1 Å². The third kappa shape index (κ3) is 3.19. The predicted molar refractivity (Wildman–Crippen MR) is 60.5 cm³/mol. The zero-order valence-corrected chi connectivity index (χ0v) is 9.93. The molecule has 1 N–H and O–H groups in total. The summed E-state index contributed by atoms with van der Waals surface area (Å²) in [6.45, 7) is 1.87. The Balaban J connectivity index is 1.64. The quantitative estimate of drug-likeness (QED) is 0.793. The van der Waals surface area contributed by atoms with E-state index in [0.717, 1.165) is 32.4 Å². The lowest BCUT2D eigenvalue weighted by Gasteiger charge is -2.32. The number of rotatable bonds is 4. The van der Waals surface area contributed by atoms with Gasteiger partial charge in [-0.25, -0.2) is 0 Å². The molecular formula is C12H19NO4. The third-order valence-corrected chi connectivity index (χ3v) is 3.67. The number of carbonyl (C=O) groups excluding carboxylic acids is 1. The number of likely N-dealkylation sites (tertiary alicyclic amines) is 1. The van der Waals surface area contributed by atoms with Gasteiger partial charge in [-0.2, -0.15) is 0 Å². The molecule has 0 aromatic rings. The summed E-state index contributed by atoms with van der Waals surface area (Å²) in [7, 11) is 0. The van der Waals surface area contributed by atoms with Crippen LogP contribution in [0.25, 0.3) is 0 Å². The van der Waals surface area contributed by atoms with E-state index in [-0.39, 0.29) is 24.5 Å². The summed E-state index contributed by atoms with van der Waals surface area (Å²) in [6, 6.07) is 0. The smallest absolute Gasteiger partial charge is 0.306 e. The van der Waals surface area contributed by atoms with Crippen molar-refractivity contribution in [1.29, 1.82) is 0 Å². The van der Waals surface area contributed by atoms with Crippen LogP contribution in [-0.2, 0) is 14.3 Å². The average Bonchev–Trinajstić information content (AvgIpc) is 2.24. The zero-order chi connectivity index (χ0) is 12.3. The van der Waals surface area contributed by atoms with Gasteiger partial charge in [-0.15, -0.1) is 0 Å². The molecule has 96 valence electrons. The van der Waals surface area contributed by atoms with Gasteiger partial charge < -0.3 is 14.7 Å². The number of aliphatic carboxylic acids is 1. The van der Waals surface area contributed by atoms with Gasteiger partial charge in [-0.1, -0.05) is 0 Å². The van der Waals surface area contributed by atoms with E-state index >= 15 is 0 Å². The summed E-state index contributed by atoms with van der Waals surface area (Å²) in [6.07, 6.45) is 4.00. The number of carboxylic acid groups (broad SMARTS) is 1. The molecule has 0 spiro atoms. The maximum Gasteiger partial charge on any atom is 0.306 e. The van der Waals surface area contributed by atoms with E-state index in [1.807, 2.05) is 0 Å². The van der Waals surface area contributed by atoms with Gasteiger partial charge in [0.1, 0.15) is 6.61 Å². The molecule has 0 unspecified atom stereocenters. The molecule has 0 radical (unpaired) electrons. The molecule has 0 aromatic heterocycles. The minimum absolute atomic E-state index is 0.0656. The van der Waals surface area contributed by atoms with E-state index in [9.17, 15) is 9.59 Å². The van der Waals surface area contributed by atoms with E-state index in [1.165, 1.54) is 0 Å². The normalized spacial score (nSPS) is 28.6. The van der Waals surface area contributed by atoms with E-state index in [2.05, 4.69) is 0 Å². The van der Waals surface area contributed by atoms with Crippen LogP contribution in [0.5, 0.6) is 0 Å². The van der Waals surface area contributed by atoms with Crippen molar-refractivity contribution in [2.45, 2.75) is 38.2 Å². The van der Waals surface area contributed by atoms with E-state index in [1.54, 1.807) is 4.90 Å². The first kappa shape index (κ1) is 12.4. The minimum Gasteiger partial charge on any atom is -0.481 e. The second-order valence-electron chi connectivity index (χ2n) is 4.86. The first-order valence-corrected chi connectivity index (χ1v) is 6.29. The van der Waals surface area contributed by atoms with Crippen molar-refractivity contribution >= 4 is 11.9 Å². The Kier molecular flexibility index (Phi) is 3.99. The summed E-state index contributed by atoms with van der Waals surface area (Å²) in [5.41, 5.74) is 0. The number of hydrogen-bond acceptors (Lipinski definition) is 3. The van der Waals surface area contributed by atoms with Crippen LogP contribution in [0, 0.1) is 5.92 Å². The molecule has 1 saturated carbocycles.